The number of aryl methyl sites for hydroxylation is 1. The highest BCUT2D eigenvalue weighted by Gasteiger charge is 2.44. The summed E-state index contributed by atoms with van der Waals surface area (Å²) in [5.41, 5.74) is 6.30. The van der Waals surface area contributed by atoms with Crippen LogP contribution < -0.4 is 5.11 Å². The molecular formula is C30H32N2O3. The molecule has 0 saturated carbocycles. The molecule has 0 N–H and O–H groups in total. The van der Waals surface area contributed by atoms with E-state index in [9.17, 15) is 9.90 Å². The predicted octanol–water partition coefficient (Wildman–Crippen LogP) is 4.66. The molecule has 0 bridgehead atoms. The number of Topliss-reactive ketones (excluding diaryl/α,β-unsaturated/α-hetero) is 1. The summed E-state index contributed by atoms with van der Waals surface area (Å²) in [7, 11) is 3.71. The van der Waals surface area contributed by atoms with Crippen LogP contribution >= 0.6 is 0 Å². The molecule has 2 aromatic carbocycles. The molecule has 0 spiro atoms. The number of carbonyl (C=O) groups excluding carboxylic acids is 1. The van der Waals surface area contributed by atoms with Crippen LogP contribution in [-0.2, 0) is 21.5 Å². The van der Waals surface area contributed by atoms with Crippen molar-refractivity contribution in [3.05, 3.63) is 82.8 Å². The van der Waals surface area contributed by atoms with Gasteiger partial charge in [0.25, 0.3) is 0 Å². The molecule has 0 fully saturated rings. The number of ether oxygens (including phenoxy) is 1. The van der Waals surface area contributed by atoms with Gasteiger partial charge in [0.05, 0.1) is 11.5 Å². The maximum Gasteiger partial charge on any atom is 0.209 e. The van der Waals surface area contributed by atoms with Crippen LogP contribution in [0.1, 0.15) is 44.0 Å². The van der Waals surface area contributed by atoms with Crippen molar-refractivity contribution in [3.63, 3.8) is 0 Å². The van der Waals surface area contributed by atoms with E-state index in [4.69, 9.17) is 4.74 Å². The standard InChI is InChI=1S/C30H32N2O3/c1-18(35-6)15-16-32-19(2)26(20-11-7-9-13-23(20)32)27-28(33)21(29(27)34)17-25-30(3,4)22-12-8-10-14-24(22)31(25)5/h7-14,17-18H,15-16H2,1-6H3. The number of para-hydroxylation sites is 2. The molecule has 1 aliphatic carbocycles. The molecule has 1 atom stereocenters. The third-order valence-electron chi connectivity index (χ3n) is 7.81. The minimum absolute atomic E-state index is 0.126. The monoisotopic (exact) mass is 468 g/mol. The zero-order valence-corrected chi connectivity index (χ0v) is 21.3. The number of carbonyl (C=O) groups is 1. The molecule has 5 rings (SSSR count). The van der Waals surface area contributed by atoms with Gasteiger partial charge in [0, 0.05) is 64.7 Å². The van der Waals surface area contributed by atoms with Crippen LogP contribution in [0.3, 0.4) is 0 Å². The Morgan fingerprint density at radius 2 is 1.83 bits per heavy atom. The zero-order chi connectivity index (χ0) is 25.1. The summed E-state index contributed by atoms with van der Waals surface area (Å²) in [6.45, 7) is 9.08. The first-order valence-electron chi connectivity index (χ1n) is 12.2. The van der Waals surface area contributed by atoms with Crippen molar-refractivity contribution in [2.45, 2.75) is 52.2 Å². The summed E-state index contributed by atoms with van der Waals surface area (Å²) in [5.74, 6) is -0.335. The lowest BCUT2D eigenvalue weighted by Crippen LogP contribution is -2.33. The second kappa shape index (κ2) is 8.35. The molecule has 0 amide bonds. The maximum absolute atomic E-state index is 13.5. The Morgan fingerprint density at radius 3 is 2.51 bits per heavy atom. The van der Waals surface area contributed by atoms with Gasteiger partial charge in [-0.15, -0.1) is 0 Å². The lowest BCUT2D eigenvalue weighted by atomic mass is 9.77. The molecule has 0 saturated heterocycles. The first-order valence-corrected chi connectivity index (χ1v) is 12.2. The van der Waals surface area contributed by atoms with Gasteiger partial charge in [0.15, 0.2) is 11.5 Å². The van der Waals surface area contributed by atoms with Crippen LogP contribution in [0.5, 0.6) is 0 Å². The highest BCUT2D eigenvalue weighted by molar-refractivity contribution is 6.41. The first-order chi connectivity index (χ1) is 16.7. The van der Waals surface area contributed by atoms with Crippen molar-refractivity contribution >= 4 is 33.7 Å². The van der Waals surface area contributed by atoms with E-state index in [2.05, 4.69) is 41.2 Å². The van der Waals surface area contributed by atoms with Crippen molar-refractivity contribution in [2.75, 3.05) is 14.2 Å². The summed E-state index contributed by atoms with van der Waals surface area (Å²) < 4.78 is 9.73. The molecule has 5 nitrogen and oxygen atoms in total. The Labute approximate surface area is 206 Å². The topological polar surface area (TPSA) is 57.3 Å². The molecule has 2 heterocycles. The van der Waals surface area contributed by atoms with Crippen molar-refractivity contribution in [3.8, 4) is 0 Å². The number of rotatable bonds is 6. The minimum atomic E-state index is -0.293. The Kier molecular flexibility index (Phi) is 5.56. The molecule has 0 radical (unpaired) electrons. The summed E-state index contributed by atoms with van der Waals surface area (Å²) in [4.78, 5) is 13.5. The van der Waals surface area contributed by atoms with E-state index in [1.165, 1.54) is 5.56 Å². The van der Waals surface area contributed by atoms with Gasteiger partial charge in [-0.1, -0.05) is 42.2 Å². The second-order valence-corrected chi connectivity index (χ2v) is 10.1. The van der Waals surface area contributed by atoms with Crippen LogP contribution in [0, 0.1) is 6.92 Å². The molecule has 35 heavy (non-hydrogen) atoms. The normalized spacial score (nSPS) is 19.0. The summed E-state index contributed by atoms with van der Waals surface area (Å²) in [6.07, 6.45) is 2.78. The van der Waals surface area contributed by atoms with E-state index in [1.54, 1.807) is 7.11 Å². The predicted molar refractivity (Wildman–Crippen MR) is 138 cm³/mol. The fraction of sp³-hybridized carbons (Fsp3) is 0.333. The molecule has 1 unspecified atom stereocenters. The molecule has 180 valence electrons. The smallest absolute Gasteiger partial charge is 0.209 e. The maximum atomic E-state index is 13.5. The summed E-state index contributed by atoms with van der Waals surface area (Å²) in [5, 5.41) is 14.4. The van der Waals surface area contributed by atoms with Gasteiger partial charge in [-0.05, 0) is 40.2 Å². The van der Waals surface area contributed by atoms with Gasteiger partial charge in [-0.3, -0.25) is 4.79 Å². The molecule has 2 aliphatic rings. The number of ketones is 1. The average molecular weight is 469 g/mol. The fourth-order valence-corrected chi connectivity index (χ4v) is 5.63. The number of allylic oxidation sites excluding steroid dienone is 3. The second-order valence-electron chi connectivity index (χ2n) is 10.1. The van der Waals surface area contributed by atoms with E-state index in [1.807, 2.05) is 57.3 Å². The average Bonchev–Trinajstić information content (AvgIpc) is 3.23. The zero-order valence-electron chi connectivity index (χ0n) is 21.3. The van der Waals surface area contributed by atoms with E-state index in [-0.39, 0.29) is 28.6 Å². The highest BCUT2D eigenvalue weighted by Crippen LogP contribution is 2.43. The van der Waals surface area contributed by atoms with Gasteiger partial charge >= 0.3 is 0 Å². The van der Waals surface area contributed by atoms with Crippen LogP contribution in [0.4, 0.5) is 5.69 Å². The fourth-order valence-electron chi connectivity index (χ4n) is 5.63. The molecule has 1 aromatic heterocycles. The van der Waals surface area contributed by atoms with Crippen LogP contribution in [-0.4, -0.2) is 40.9 Å². The van der Waals surface area contributed by atoms with Crippen molar-refractivity contribution in [1.29, 1.82) is 0 Å². The molecule has 1 aliphatic heterocycles. The van der Waals surface area contributed by atoms with E-state index in [0.29, 0.717) is 5.57 Å². The summed E-state index contributed by atoms with van der Waals surface area (Å²) in [6, 6.07) is 16.2. The van der Waals surface area contributed by atoms with E-state index in [0.717, 1.165) is 46.5 Å². The van der Waals surface area contributed by atoms with Crippen LogP contribution in [0.2, 0.25) is 0 Å². The Bertz CT molecular complexity index is 1470. The molecule has 3 aromatic rings. The van der Waals surface area contributed by atoms with Crippen molar-refractivity contribution in [1.82, 2.24) is 4.57 Å². The van der Waals surface area contributed by atoms with Crippen LogP contribution in [0.15, 0.2) is 65.9 Å². The number of nitrogens with zero attached hydrogens (tertiary/aromatic N) is 2. The lowest BCUT2D eigenvalue weighted by molar-refractivity contribution is -0.401. The number of aromatic nitrogens is 1. The number of hydrogen-bond donors (Lipinski definition) is 0. The highest BCUT2D eigenvalue weighted by atomic mass is 16.5. The quantitative estimate of drug-likeness (QED) is 0.391. The Balaban J connectivity index is 1.59. The Morgan fingerprint density at radius 1 is 1.14 bits per heavy atom. The minimum Gasteiger partial charge on any atom is -0.871 e. The number of hydrogen-bond acceptors (Lipinski definition) is 3. The van der Waals surface area contributed by atoms with Crippen LogP contribution in [0.25, 0.3) is 16.5 Å². The number of fused-ring (bicyclic) bond motifs is 2. The van der Waals surface area contributed by atoms with Gasteiger partial charge in [-0.25, -0.2) is 0 Å². The third kappa shape index (κ3) is 3.41. The number of benzene rings is 2. The molecule has 5 heteroatoms. The SMILES string of the molecule is COC(C)CCn1c(C)c(C2=C([O-])/C(=C\C3=[N+](C)c4ccccc4C3(C)C)C2=O)c2ccccc21. The van der Waals surface area contributed by atoms with Gasteiger partial charge in [-0.2, -0.15) is 4.58 Å². The lowest BCUT2D eigenvalue weighted by Gasteiger charge is -2.31. The third-order valence-corrected chi connectivity index (χ3v) is 7.81. The summed E-state index contributed by atoms with van der Waals surface area (Å²) >= 11 is 0. The molecular weight excluding hydrogens is 436 g/mol. The number of methoxy groups -OCH3 is 1. The van der Waals surface area contributed by atoms with Gasteiger partial charge in [0.2, 0.25) is 5.69 Å². The van der Waals surface area contributed by atoms with E-state index < -0.39 is 0 Å². The van der Waals surface area contributed by atoms with Crippen molar-refractivity contribution in [2.24, 2.45) is 0 Å². The van der Waals surface area contributed by atoms with E-state index >= 15 is 0 Å². The first kappa shape index (κ1) is 23.3. The Hall–Kier alpha value is -3.44. The van der Waals surface area contributed by atoms with Crippen molar-refractivity contribution < 1.29 is 19.2 Å². The largest absolute Gasteiger partial charge is 0.871 e. The van der Waals surface area contributed by atoms with Gasteiger partial charge < -0.3 is 14.4 Å². The van der Waals surface area contributed by atoms with Gasteiger partial charge in [0.1, 0.15) is 7.05 Å².